The molecule has 0 spiro atoms. The summed E-state index contributed by atoms with van der Waals surface area (Å²) in [5, 5.41) is 3.25. The normalized spacial score (nSPS) is 18.1. The predicted molar refractivity (Wildman–Crippen MR) is 99.9 cm³/mol. The van der Waals surface area contributed by atoms with Crippen molar-refractivity contribution < 1.29 is 4.79 Å². The fraction of sp³-hybridized carbons (Fsp3) is 0.650. The van der Waals surface area contributed by atoms with Gasteiger partial charge in [0.2, 0.25) is 5.91 Å². The van der Waals surface area contributed by atoms with Crippen molar-refractivity contribution in [3.63, 3.8) is 0 Å². The highest BCUT2D eigenvalue weighted by atomic mass is 16.1. The summed E-state index contributed by atoms with van der Waals surface area (Å²) in [6, 6.07) is 11.0. The van der Waals surface area contributed by atoms with Gasteiger partial charge in [-0.25, -0.2) is 0 Å². The molecule has 1 heterocycles. The number of benzene rings is 1. The molecular weight excluding hydrogens is 298 g/mol. The summed E-state index contributed by atoms with van der Waals surface area (Å²) in [4.78, 5) is 17.1. The Labute approximate surface area is 147 Å². The standard InChI is InChI=1S/C20H33N3O/c1-16(2)14-20(24)21-19(17-8-6-5-7-9-17)15-23(4)18-10-12-22(3)13-11-18/h5-9,16,18-19H,10-15H2,1-4H3,(H,21,24)/t19-/m0/s1. The number of likely N-dealkylation sites (tertiary alicyclic amines) is 1. The SMILES string of the molecule is CC(C)CC(=O)N[C@@H](CN(C)C1CCN(C)CC1)c1ccccc1. The summed E-state index contributed by atoms with van der Waals surface area (Å²) in [6.07, 6.45) is 2.99. The van der Waals surface area contributed by atoms with Crippen LogP contribution in [0.2, 0.25) is 0 Å². The molecule has 1 fully saturated rings. The van der Waals surface area contributed by atoms with Gasteiger partial charge in [-0.1, -0.05) is 44.2 Å². The molecule has 4 nitrogen and oxygen atoms in total. The summed E-state index contributed by atoms with van der Waals surface area (Å²) < 4.78 is 0. The molecule has 0 saturated carbocycles. The minimum Gasteiger partial charge on any atom is -0.348 e. The molecule has 1 amide bonds. The monoisotopic (exact) mass is 331 g/mol. The molecular formula is C20H33N3O. The van der Waals surface area contributed by atoms with Crippen molar-refractivity contribution >= 4 is 5.91 Å². The molecule has 1 aromatic rings. The third-order valence-corrected chi connectivity index (χ3v) is 4.91. The zero-order chi connectivity index (χ0) is 17.5. The Balaban J connectivity index is 2.01. The summed E-state index contributed by atoms with van der Waals surface area (Å²) in [5.74, 6) is 0.531. The average Bonchev–Trinajstić information content (AvgIpc) is 2.55. The quantitative estimate of drug-likeness (QED) is 0.834. The van der Waals surface area contributed by atoms with Crippen LogP contribution in [0.4, 0.5) is 0 Å². The van der Waals surface area contributed by atoms with Crippen LogP contribution in [0.1, 0.15) is 44.7 Å². The lowest BCUT2D eigenvalue weighted by atomic mass is 10.0. The van der Waals surface area contributed by atoms with Gasteiger partial charge >= 0.3 is 0 Å². The summed E-state index contributed by atoms with van der Waals surface area (Å²) >= 11 is 0. The van der Waals surface area contributed by atoms with Crippen molar-refractivity contribution in [2.24, 2.45) is 5.92 Å². The molecule has 0 bridgehead atoms. The molecule has 1 aliphatic heterocycles. The Morgan fingerprint density at radius 1 is 1.25 bits per heavy atom. The van der Waals surface area contributed by atoms with Crippen molar-refractivity contribution in [2.45, 2.75) is 45.2 Å². The fourth-order valence-electron chi connectivity index (χ4n) is 3.42. The molecule has 1 saturated heterocycles. The maximum absolute atomic E-state index is 12.3. The van der Waals surface area contributed by atoms with Crippen LogP contribution in [0.25, 0.3) is 0 Å². The van der Waals surface area contributed by atoms with E-state index in [0.717, 1.165) is 19.6 Å². The highest BCUT2D eigenvalue weighted by Crippen LogP contribution is 2.20. The van der Waals surface area contributed by atoms with Crippen LogP contribution in [0.5, 0.6) is 0 Å². The first kappa shape index (κ1) is 18.9. The van der Waals surface area contributed by atoms with Crippen molar-refractivity contribution in [2.75, 3.05) is 33.7 Å². The highest BCUT2D eigenvalue weighted by Gasteiger charge is 2.24. The lowest BCUT2D eigenvalue weighted by Crippen LogP contribution is -2.45. The molecule has 1 atom stereocenters. The minimum absolute atomic E-state index is 0.0575. The van der Waals surface area contributed by atoms with Gasteiger partial charge in [0.05, 0.1) is 6.04 Å². The first-order chi connectivity index (χ1) is 11.5. The molecule has 4 heteroatoms. The Bertz CT molecular complexity index is 495. The number of nitrogens with one attached hydrogen (secondary N) is 1. The van der Waals surface area contributed by atoms with E-state index in [1.165, 1.54) is 18.4 Å². The van der Waals surface area contributed by atoms with Crippen molar-refractivity contribution in [3.05, 3.63) is 35.9 Å². The first-order valence-electron chi connectivity index (χ1n) is 9.18. The van der Waals surface area contributed by atoms with Crippen LogP contribution >= 0.6 is 0 Å². The van der Waals surface area contributed by atoms with Crippen LogP contribution in [0.3, 0.4) is 0 Å². The molecule has 2 rings (SSSR count). The van der Waals surface area contributed by atoms with Gasteiger partial charge in [0.15, 0.2) is 0 Å². The Morgan fingerprint density at radius 2 is 1.88 bits per heavy atom. The van der Waals surface area contributed by atoms with Gasteiger partial charge in [-0.05, 0) is 51.5 Å². The lowest BCUT2D eigenvalue weighted by molar-refractivity contribution is -0.122. The molecule has 0 radical (unpaired) electrons. The van der Waals surface area contributed by atoms with E-state index < -0.39 is 0 Å². The second-order valence-electron chi connectivity index (χ2n) is 7.60. The summed E-state index contributed by atoms with van der Waals surface area (Å²) in [5.41, 5.74) is 1.19. The van der Waals surface area contributed by atoms with Gasteiger partial charge in [-0.15, -0.1) is 0 Å². The number of likely N-dealkylation sites (N-methyl/N-ethyl adjacent to an activating group) is 1. The van der Waals surface area contributed by atoms with E-state index in [9.17, 15) is 4.79 Å². The van der Waals surface area contributed by atoms with E-state index in [1.807, 2.05) is 18.2 Å². The van der Waals surface area contributed by atoms with Gasteiger partial charge in [0.25, 0.3) is 0 Å². The topological polar surface area (TPSA) is 35.6 Å². The van der Waals surface area contributed by atoms with Crippen LogP contribution in [-0.4, -0.2) is 55.5 Å². The third kappa shape index (κ3) is 5.91. The highest BCUT2D eigenvalue weighted by molar-refractivity contribution is 5.76. The van der Waals surface area contributed by atoms with E-state index in [1.54, 1.807) is 0 Å². The largest absolute Gasteiger partial charge is 0.348 e. The Kier molecular flexibility index (Phi) is 7.25. The number of hydrogen-bond donors (Lipinski definition) is 1. The number of carbonyl (C=O) groups is 1. The predicted octanol–water partition coefficient (Wildman–Crippen LogP) is 2.92. The maximum Gasteiger partial charge on any atom is 0.220 e. The molecule has 134 valence electrons. The fourth-order valence-corrected chi connectivity index (χ4v) is 3.42. The van der Waals surface area contributed by atoms with Gasteiger partial charge < -0.3 is 15.1 Å². The lowest BCUT2D eigenvalue weighted by Gasteiger charge is -2.37. The van der Waals surface area contributed by atoms with Gasteiger partial charge in [0, 0.05) is 19.0 Å². The van der Waals surface area contributed by atoms with Crippen molar-refractivity contribution in [1.82, 2.24) is 15.1 Å². The summed E-state index contributed by atoms with van der Waals surface area (Å²) in [6.45, 7) is 7.35. The number of rotatable bonds is 7. The smallest absolute Gasteiger partial charge is 0.220 e. The van der Waals surface area contributed by atoms with Crippen molar-refractivity contribution in [3.8, 4) is 0 Å². The van der Waals surface area contributed by atoms with Gasteiger partial charge in [0.1, 0.15) is 0 Å². The van der Waals surface area contributed by atoms with Crippen LogP contribution in [0.15, 0.2) is 30.3 Å². The van der Waals surface area contributed by atoms with E-state index >= 15 is 0 Å². The first-order valence-corrected chi connectivity index (χ1v) is 9.18. The van der Waals surface area contributed by atoms with Crippen LogP contribution < -0.4 is 5.32 Å². The molecule has 24 heavy (non-hydrogen) atoms. The zero-order valence-corrected chi connectivity index (χ0v) is 15.7. The average molecular weight is 332 g/mol. The Hall–Kier alpha value is -1.39. The molecule has 0 aliphatic carbocycles. The summed E-state index contributed by atoms with van der Waals surface area (Å²) in [7, 11) is 4.38. The molecule has 1 aliphatic rings. The van der Waals surface area contributed by atoms with E-state index in [0.29, 0.717) is 18.4 Å². The number of amides is 1. The molecule has 1 N–H and O–H groups in total. The molecule has 0 aromatic heterocycles. The maximum atomic E-state index is 12.3. The van der Waals surface area contributed by atoms with E-state index in [-0.39, 0.29) is 11.9 Å². The number of piperidine rings is 1. The molecule has 0 unspecified atom stereocenters. The minimum atomic E-state index is 0.0575. The Morgan fingerprint density at radius 3 is 2.46 bits per heavy atom. The molecule has 1 aromatic carbocycles. The van der Waals surface area contributed by atoms with Crippen LogP contribution in [-0.2, 0) is 4.79 Å². The van der Waals surface area contributed by atoms with Gasteiger partial charge in [-0.3, -0.25) is 4.79 Å². The second kappa shape index (κ2) is 9.19. The van der Waals surface area contributed by atoms with Gasteiger partial charge in [-0.2, -0.15) is 0 Å². The third-order valence-electron chi connectivity index (χ3n) is 4.91. The number of nitrogens with zero attached hydrogens (tertiary/aromatic N) is 2. The van der Waals surface area contributed by atoms with Crippen LogP contribution in [0, 0.1) is 5.92 Å². The van der Waals surface area contributed by atoms with E-state index in [4.69, 9.17) is 0 Å². The zero-order valence-electron chi connectivity index (χ0n) is 15.7. The number of hydrogen-bond acceptors (Lipinski definition) is 3. The number of carbonyl (C=O) groups excluding carboxylic acids is 1. The van der Waals surface area contributed by atoms with E-state index in [2.05, 4.69) is 55.2 Å². The van der Waals surface area contributed by atoms with Crippen molar-refractivity contribution in [1.29, 1.82) is 0 Å². The second-order valence-corrected chi connectivity index (χ2v) is 7.60.